The Morgan fingerprint density at radius 3 is 2.70 bits per heavy atom. The highest BCUT2D eigenvalue weighted by molar-refractivity contribution is 7.89. The van der Waals surface area contributed by atoms with Crippen LogP contribution in [0.15, 0.2) is 23.1 Å². The zero-order valence-corrected chi connectivity index (χ0v) is 13.8. The SMILES string of the molecule is CCCc1ccc(Cl)c(S(=O)(=O)N2CCC(N)C2)c1.Cl. The normalized spacial score (nSPS) is 19.9. The number of hydrogen-bond acceptors (Lipinski definition) is 3. The largest absolute Gasteiger partial charge is 0.326 e. The van der Waals surface area contributed by atoms with Crippen LogP contribution < -0.4 is 5.73 Å². The first-order chi connectivity index (χ1) is 8.95. The van der Waals surface area contributed by atoms with Gasteiger partial charge in [-0.05, 0) is 30.5 Å². The van der Waals surface area contributed by atoms with E-state index in [0.29, 0.717) is 19.5 Å². The standard InChI is InChI=1S/C13H19ClN2O2S.ClH/c1-2-3-10-4-5-12(14)13(8-10)19(17,18)16-7-6-11(15)9-16;/h4-5,8,11H,2-3,6-7,9,15H2,1H3;1H. The maximum Gasteiger partial charge on any atom is 0.244 e. The summed E-state index contributed by atoms with van der Waals surface area (Å²) in [5, 5.41) is 0.278. The zero-order chi connectivity index (χ0) is 14.0. The number of nitrogens with zero attached hydrogens (tertiary/aromatic N) is 1. The molecule has 0 spiro atoms. The van der Waals surface area contributed by atoms with Gasteiger partial charge >= 0.3 is 0 Å². The molecule has 1 saturated heterocycles. The third-order valence-corrected chi connectivity index (χ3v) is 5.69. The van der Waals surface area contributed by atoms with Crippen molar-refractivity contribution < 1.29 is 8.42 Å². The van der Waals surface area contributed by atoms with Gasteiger partial charge < -0.3 is 5.73 Å². The fourth-order valence-electron chi connectivity index (χ4n) is 2.30. The van der Waals surface area contributed by atoms with Gasteiger partial charge in [0.25, 0.3) is 0 Å². The second kappa shape index (κ2) is 7.09. The second-order valence-electron chi connectivity index (χ2n) is 4.93. The van der Waals surface area contributed by atoms with Gasteiger partial charge in [-0.1, -0.05) is 31.0 Å². The van der Waals surface area contributed by atoms with Gasteiger partial charge in [-0.3, -0.25) is 0 Å². The van der Waals surface area contributed by atoms with Crippen LogP contribution in [0.5, 0.6) is 0 Å². The molecule has 1 aliphatic heterocycles. The third kappa shape index (κ3) is 3.65. The summed E-state index contributed by atoms with van der Waals surface area (Å²) in [7, 11) is -3.52. The maximum atomic E-state index is 12.5. The Morgan fingerprint density at radius 1 is 1.45 bits per heavy atom. The number of rotatable bonds is 4. The van der Waals surface area contributed by atoms with Gasteiger partial charge in [0, 0.05) is 19.1 Å². The smallest absolute Gasteiger partial charge is 0.244 e. The van der Waals surface area contributed by atoms with Crippen molar-refractivity contribution in [1.82, 2.24) is 4.31 Å². The van der Waals surface area contributed by atoms with Crippen LogP contribution in [-0.2, 0) is 16.4 Å². The van der Waals surface area contributed by atoms with Crippen molar-refractivity contribution in [3.8, 4) is 0 Å². The molecular formula is C13H20Cl2N2O2S. The van der Waals surface area contributed by atoms with Crippen molar-refractivity contribution in [3.63, 3.8) is 0 Å². The molecule has 1 aromatic carbocycles. The Kier molecular flexibility index (Phi) is 6.28. The molecule has 2 N–H and O–H groups in total. The molecule has 0 amide bonds. The topological polar surface area (TPSA) is 63.4 Å². The summed E-state index contributed by atoms with van der Waals surface area (Å²) in [4.78, 5) is 0.203. The first kappa shape index (κ1) is 17.7. The van der Waals surface area contributed by atoms with Crippen molar-refractivity contribution in [2.45, 2.75) is 37.1 Å². The highest BCUT2D eigenvalue weighted by Gasteiger charge is 2.32. The average molecular weight is 339 g/mol. The van der Waals surface area contributed by atoms with Crippen molar-refractivity contribution in [3.05, 3.63) is 28.8 Å². The Labute approximate surface area is 131 Å². The Bertz CT molecular complexity index is 563. The highest BCUT2D eigenvalue weighted by Crippen LogP contribution is 2.28. The summed E-state index contributed by atoms with van der Waals surface area (Å²) >= 11 is 6.06. The minimum absolute atomic E-state index is 0. The van der Waals surface area contributed by atoms with Crippen LogP contribution >= 0.6 is 24.0 Å². The lowest BCUT2D eigenvalue weighted by atomic mass is 10.1. The monoisotopic (exact) mass is 338 g/mol. The van der Waals surface area contributed by atoms with E-state index in [2.05, 4.69) is 6.92 Å². The van der Waals surface area contributed by atoms with E-state index >= 15 is 0 Å². The number of sulfonamides is 1. The van der Waals surface area contributed by atoms with Gasteiger partial charge in [-0.25, -0.2) is 8.42 Å². The molecule has 1 fully saturated rings. The van der Waals surface area contributed by atoms with E-state index in [-0.39, 0.29) is 28.4 Å². The first-order valence-electron chi connectivity index (χ1n) is 6.49. The highest BCUT2D eigenvalue weighted by atomic mass is 35.5. The zero-order valence-electron chi connectivity index (χ0n) is 11.4. The van der Waals surface area contributed by atoms with Crippen LogP contribution in [0.1, 0.15) is 25.3 Å². The number of hydrogen-bond donors (Lipinski definition) is 1. The molecule has 0 aromatic heterocycles. The Hall–Kier alpha value is -0.330. The fraction of sp³-hybridized carbons (Fsp3) is 0.538. The molecule has 1 aliphatic rings. The molecular weight excluding hydrogens is 319 g/mol. The van der Waals surface area contributed by atoms with Crippen molar-refractivity contribution in [1.29, 1.82) is 0 Å². The second-order valence-corrected chi connectivity index (χ2v) is 7.24. The Morgan fingerprint density at radius 2 is 2.15 bits per heavy atom. The molecule has 0 bridgehead atoms. The van der Waals surface area contributed by atoms with E-state index in [1.54, 1.807) is 12.1 Å². The number of benzene rings is 1. The van der Waals surface area contributed by atoms with Gasteiger partial charge in [0.2, 0.25) is 10.0 Å². The molecule has 0 saturated carbocycles. The molecule has 114 valence electrons. The van der Waals surface area contributed by atoms with E-state index < -0.39 is 10.0 Å². The Balaban J connectivity index is 0.00000200. The minimum Gasteiger partial charge on any atom is -0.326 e. The average Bonchev–Trinajstić information content (AvgIpc) is 2.79. The molecule has 2 rings (SSSR count). The maximum absolute atomic E-state index is 12.5. The lowest BCUT2D eigenvalue weighted by Gasteiger charge is -2.17. The summed E-state index contributed by atoms with van der Waals surface area (Å²) in [5.41, 5.74) is 6.77. The molecule has 0 aliphatic carbocycles. The summed E-state index contributed by atoms with van der Waals surface area (Å²) in [6.07, 6.45) is 2.51. The van der Waals surface area contributed by atoms with Crippen LogP contribution in [0, 0.1) is 0 Å². The van der Waals surface area contributed by atoms with E-state index in [0.717, 1.165) is 18.4 Å². The first-order valence-corrected chi connectivity index (χ1v) is 8.31. The van der Waals surface area contributed by atoms with Gasteiger partial charge in [-0.15, -0.1) is 12.4 Å². The van der Waals surface area contributed by atoms with Gasteiger partial charge in [0.15, 0.2) is 0 Å². The van der Waals surface area contributed by atoms with Crippen LogP contribution in [0.4, 0.5) is 0 Å². The fourth-order valence-corrected chi connectivity index (χ4v) is 4.34. The molecule has 20 heavy (non-hydrogen) atoms. The molecule has 7 heteroatoms. The lowest BCUT2D eigenvalue weighted by molar-refractivity contribution is 0.472. The summed E-state index contributed by atoms with van der Waals surface area (Å²) < 4.78 is 26.5. The summed E-state index contributed by atoms with van der Waals surface area (Å²) in [6.45, 7) is 2.90. The predicted molar refractivity (Wildman–Crippen MR) is 84.0 cm³/mol. The molecule has 1 atom stereocenters. The van der Waals surface area contributed by atoms with Crippen LogP contribution in [0.2, 0.25) is 5.02 Å². The van der Waals surface area contributed by atoms with Gasteiger partial charge in [-0.2, -0.15) is 4.31 Å². The third-order valence-electron chi connectivity index (χ3n) is 3.34. The molecule has 1 aromatic rings. The summed E-state index contributed by atoms with van der Waals surface area (Å²) in [5.74, 6) is 0. The molecule has 1 unspecified atom stereocenters. The minimum atomic E-state index is -3.52. The quantitative estimate of drug-likeness (QED) is 0.916. The van der Waals surface area contributed by atoms with Crippen molar-refractivity contribution in [2.24, 2.45) is 5.73 Å². The van der Waals surface area contributed by atoms with Crippen molar-refractivity contribution in [2.75, 3.05) is 13.1 Å². The van der Waals surface area contributed by atoms with Crippen molar-refractivity contribution >= 4 is 34.0 Å². The predicted octanol–water partition coefficient (Wildman–Crippen LogP) is 2.44. The number of aryl methyl sites for hydroxylation is 1. The molecule has 0 radical (unpaired) electrons. The van der Waals surface area contributed by atoms with E-state index in [1.165, 1.54) is 4.31 Å². The lowest BCUT2D eigenvalue weighted by Crippen LogP contribution is -2.32. The van der Waals surface area contributed by atoms with E-state index in [4.69, 9.17) is 17.3 Å². The molecule has 4 nitrogen and oxygen atoms in total. The van der Waals surface area contributed by atoms with Gasteiger partial charge in [0.05, 0.1) is 5.02 Å². The summed E-state index contributed by atoms with van der Waals surface area (Å²) in [6, 6.07) is 5.15. The van der Waals surface area contributed by atoms with E-state index in [1.807, 2.05) is 6.07 Å². The van der Waals surface area contributed by atoms with Crippen LogP contribution in [0.25, 0.3) is 0 Å². The number of halogens is 2. The van der Waals surface area contributed by atoms with Gasteiger partial charge in [0.1, 0.15) is 4.90 Å². The van der Waals surface area contributed by atoms with E-state index in [9.17, 15) is 8.42 Å². The molecule has 1 heterocycles. The van der Waals surface area contributed by atoms with Crippen LogP contribution in [0.3, 0.4) is 0 Å². The number of nitrogens with two attached hydrogens (primary N) is 1. The van der Waals surface area contributed by atoms with Crippen LogP contribution in [-0.4, -0.2) is 31.9 Å².